The van der Waals surface area contributed by atoms with E-state index in [4.69, 9.17) is 15.7 Å². The minimum atomic E-state index is 0.597. The van der Waals surface area contributed by atoms with Gasteiger partial charge in [-0.1, -0.05) is 18.2 Å². The highest BCUT2D eigenvalue weighted by molar-refractivity contribution is 7.13. The lowest BCUT2D eigenvalue weighted by molar-refractivity contribution is 0.640. The Balaban J connectivity index is 1.47. The smallest absolute Gasteiger partial charge is 0.228 e. The molecule has 3 aromatic heterocycles. The molecule has 0 radical (unpaired) electrons. The number of aryl methyl sites for hydroxylation is 2. The molecule has 1 fully saturated rings. The summed E-state index contributed by atoms with van der Waals surface area (Å²) >= 11 is 1.66. The molecule has 2 N–H and O–H groups in total. The van der Waals surface area contributed by atoms with Crippen LogP contribution in [0.25, 0.3) is 21.6 Å². The van der Waals surface area contributed by atoms with Crippen molar-refractivity contribution in [3.05, 3.63) is 46.8 Å². The fourth-order valence-electron chi connectivity index (χ4n) is 4.06. The van der Waals surface area contributed by atoms with E-state index in [-0.39, 0.29) is 0 Å². The number of nitrogens with two attached hydrogens (primary N) is 1. The van der Waals surface area contributed by atoms with E-state index in [2.05, 4.69) is 58.4 Å². The van der Waals surface area contributed by atoms with Gasteiger partial charge in [0.05, 0.1) is 16.0 Å². The maximum atomic E-state index is 6.29. The van der Waals surface area contributed by atoms with E-state index >= 15 is 0 Å². The van der Waals surface area contributed by atoms with Crippen LogP contribution in [0.4, 0.5) is 17.5 Å². The van der Waals surface area contributed by atoms with Crippen LogP contribution < -0.4 is 15.5 Å². The van der Waals surface area contributed by atoms with Gasteiger partial charge in [0.2, 0.25) is 5.95 Å². The number of anilines is 3. The number of nitrogen functional groups attached to an aromatic ring is 1. The number of benzene rings is 1. The second-order valence-corrected chi connectivity index (χ2v) is 8.70. The first-order chi connectivity index (χ1) is 14.5. The van der Waals surface area contributed by atoms with Crippen molar-refractivity contribution in [3.8, 4) is 10.6 Å². The highest BCUT2D eigenvalue weighted by Gasteiger charge is 2.24. The van der Waals surface area contributed by atoms with E-state index in [0.29, 0.717) is 11.5 Å². The van der Waals surface area contributed by atoms with Crippen LogP contribution in [0, 0.1) is 13.8 Å². The first-order valence-corrected chi connectivity index (χ1v) is 11.0. The molecule has 0 unspecified atom stereocenters. The van der Waals surface area contributed by atoms with Crippen LogP contribution in [-0.2, 0) is 7.05 Å². The van der Waals surface area contributed by atoms with E-state index < -0.39 is 0 Å². The molecule has 0 atom stereocenters. The summed E-state index contributed by atoms with van der Waals surface area (Å²) in [6.07, 6.45) is 0. The quantitative estimate of drug-likeness (QED) is 0.547. The summed E-state index contributed by atoms with van der Waals surface area (Å²) in [6.45, 7) is 7.97. The fourth-order valence-corrected chi connectivity index (χ4v) is 4.78. The average molecular weight is 420 g/mol. The lowest BCUT2D eigenvalue weighted by atomic mass is 10.1. The summed E-state index contributed by atoms with van der Waals surface area (Å²) in [5.41, 5.74) is 11.8. The van der Waals surface area contributed by atoms with Crippen LogP contribution in [0.5, 0.6) is 0 Å². The number of nitrogens with zero attached hydrogens (tertiary/aromatic N) is 6. The molecule has 0 amide bonds. The normalized spacial score (nSPS) is 14.6. The number of fused-ring (bicyclic) bond motifs is 1. The van der Waals surface area contributed by atoms with Crippen LogP contribution in [0.3, 0.4) is 0 Å². The number of thiophene rings is 1. The SMILES string of the molecule is Cc1cccc(N2CCN(c3nc(-c4cccs4)c4c(N)n(C)nc4n3)CC2)c1C. The molecule has 8 heteroatoms. The van der Waals surface area contributed by atoms with Crippen molar-refractivity contribution < 1.29 is 0 Å². The van der Waals surface area contributed by atoms with Crippen molar-refractivity contribution in [2.75, 3.05) is 41.7 Å². The molecule has 30 heavy (non-hydrogen) atoms. The maximum Gasteiger partial charge on any atom is 0.228 e. The molecule has 0 saturated carbocycles. The molecule has 1 saturated heterocycles. The predicted octanol–water partition coefficient (Wildman–Crippen LogP) is 3.62. The van der Waals surface area contributed by atoms with Crippen molar-refractivity contribution in [3.63, 3.8) is 0 Å². The van der Waals surface area contributed by atoms with E-state index in [9.17, 15) is 0 Å². The third-order valence-corrected chi connectivity index (χ3v) is 6.84. The molecule has 0 spiro atoms. The Morgan fingerprint density at radius 3 is 2.47 bits per heavy atom. The zero-order valence-electron chi connectivity index (χ0n) is 17.5. The Hall–Kier alpha value is -3.13. The first-order valence-electron chi connectivity index (χ1n) is 10.1. The summed E-state index contributed by atoms with van der Waals surface area (Å²) in [4.78, 5) is 15.5. The van der Waals surface area contributed by atoms with Crippen LogP contribution in [0.15, 0.2) is 35.7 Å². The third kappa shape index (κ3) is 3.08. The minimum Gasteiger partial charge on any atom is -0.383 e. The fraction of sp³-hybridized carbons (Fsp3) is 0.318. The molecule has 7 nitrogen and oxygen atoms in total. The van der Waals surface area contributed by atoms with Crippen LogP contribution in [0.1, 0.15) is 11.1 Å². The van der Waals surface area contributed by atoms with Crippen LogP contribution in [-0.4, -0.2) is 45.9 Å². The Morgan fingerprint density at radius 2 is 1.73 bits per heavy atom. The molecule has 4 heterocycles. The number of hydrogen-bond acceptors (Lipinski definition) is 7. The van der Waals surface area contributed by atoms with Crippen molar-refractivity contribution in [2.24, 2.45) is 7.05 Å². The van der Waals surface area contributed by atoms with Gasteiger partial charge in [-0.05, 0) is 42.5 Å². The second kappa shape index (κ2) is 7.28. The molecule has 5 rings (SSSR count). The molecule has 1 aliphatic rings. The Labute approximate surface area is 179 Å². The minimum absolute atomic E-state index is 0.597. The topological polar surface area (TPSA) is 76.1 Å². The summed E-state index contributed by atoms with van der Waals surface area (Å²) in [6, 6.07) is 10.6. The van der Waals surface area contributed by atoms with Gasteiger partial charge in [-0.25, -0.2) is 4.98 Å². The second-order valence-electron chi connectivity index (χ2n) is 7.75. The molecule has 4 aromatic rings. The maximum absolute atomic E-state index is 6.29. The van der Waals surface area contributed by atoms with Gasteiger partial charge in [0, 0.05) is 38.9 Å². The molecule has 0 bridgehead atoms. The van der Waals surface area contributed by atoms with Gasteiger partial charge in [0.15, 0.2) is 5.65 Å². The average Bonchev–Trinajstić information content (AvgIpc) is 3.38. The summed E-state index contributed by atoms with van der Waals surface area (Å²) < 4.78 is 1.68. The Bertz CT molecular complexity index is 1200. The van der Waals surface area contributed by atoms with E-state index in [1.54, 1.807) is 16.0 Å². The van der Waals surface area contributed by atoms with Crippen molar-refractivity contribution >= 4 is 39.8 Å². The van der Waals surface area contributed by atoms with E-state index in [1.807, 2.05) is 13.1 Å². The highest BCUT2D eigenvalue weighted by atomic mass is 32.1. The number of piperazine rings is 1. The largest absolute Gasteiger partial charge is 0.383 e. The van der Waals surface area contributed by atoms with Crippen molar-refractivity contribution in [2.45, 2.75) is 13.8 Å². The number of hydrogen-bond donors (Lipinski definition) is 1. The van der Waals surface area contributed by atoms with Crippen LogP contribution >= 0.6 is 11.3 Å². The molecule has 0 aliphatic carbocycles. The number of aromatic nitrogens is 4. The third-order valence-electron chi connectivity index (χ3n) is 5.96. The lowest BCUT2D eigenvalue weighted by Gasteiger charge is -2.37. The summed E-state index contributed by atoms with van der Waals surface area (Å²) in [5, 5.41) is 7.42. The Kier molecular flexibility index (Phi) is 4.58. The predicted molar refractivity (Wildman–Crippen MR) is 124 cm³/mol. The van der Waals surface area contributed by atoms with Gasteiger partial charge >= 0.3 is 0 Å². The highest BCUT2D eigenvalue weighted by Crippen LogP contribution is 2.34. The number of rotatable bonds is 3. The molecular formula is C22H25N7S. The van der Waals surface area contributed by atoms with Gasteiger partial charge in [-0.15, -0.1) is 11.3 Å². The summed E-state index contributed by atoms with van der Waals surface area (Å²) in [5.74, 6) is 1.32. The first kappa shape index (κ1) is 18.9. The van der Waals surface area contributed by atoms with Gasteiger partial charge in [-0.2, -0.15) is 10.1 Å². The van der Waals surface area contributed by atoms with Crippen molar-refractivity contribution in [1.82, 2.24) is 19.7 Å². The van der Waals surface area contributed by atoms with Gasteiger partial charge in [0.1, 0.15) is 5.82 Å². The summed E-state index contributed by atoms with van der Waals surface area (Å²) in [7, 11) is 1.85. The van der Waals surface area contributed by atoms with E-state index in [0.717, 1.165) is 48.1 Å². The lowest BCUT2D eigenvalue weighted by Crippen LogP contribution is -2.47. The standard InChI is InChI=1S/C22H25N7S/c1-14-6-4-7-16(15(14)2)28-9-11-29(12-10-28)22-24-19(17-8-5-13-30-17)18-20(23)27(3)26-21(18)25-22/h4-8,13H,9-12,23H2,1-3H3. The Morgan fingerprint density at radius 1 is 0.967 bits per heavy atom. The molecular weight excluding hydrogens is 394 g/mol. The van der Waals surface area contributed by atoms with Crippen LogP contribution in [0.2, 0.25) is 0 Å². The zero-order chi connectivity index (χ0) is 20.8. The zero-order valence-corrected chi connectivity index (χ0v) is 18.3. The van der Waals surface area contributed by atoms with Gasteiger partial charge < -0.3 is 15.5 Å². The van der Waals surface area contributed by atoms with Gasteiger partial charge in [-0.3, -0.25) is 4.68 Å². The molecule has 1 aliphatic heterocycles. The molecule has 1 aromatic carbocycles. The van der Waals surface area contributed by atoms with Crippen molar-refractivity contribution in [1.29, 1.82) is 0 Å². The molecule has 154 valence electrons. The monoisotopic (exact) mass is 419 g/mol. The van der Waals surface area contributed by atoms with Gasteiger partial charge in [0.25, 0.3) is 0 Å². The van der Waals surface area contributed by atoms with E-state index in [1.165, 1.54) is 16.8 Å².